The highest BCUT2D eigenvalue weighted by atomic mass is 16.8. The zero-order valence-electron chi connectivity index (χ0n) is 12.6. The van der Waals surface area contributed by atoms with Gasteiger partial charge in [-0.05, 0) is 27.2 Å². The van der Waals surface area contributed by atoms with E-state index in [9.17, 15) is 9.59 Å². The van der Waals surface area contributed by atoms with E-state index in [1.54, 1.807) is 6.92 Å². The number of hydrogen-bond acceptors (Lipinski definition) is 5. The van der Waals surface area contributed by atoms with Crippen LogP contribution in [0.4, 0.5) is 0 Å². The Morgan fingerprint density at radius 2 is 1.95 bits per heavy atom. The van der Waals surface area contributed by atoms with Gasteiger partial charge in [-0.1, -0.05) is 6.92 Å². The monoisotopic (exact) mass is 296 g/mol. The Bertz CT molecular complexity index is 664. The molecule has 1 aromatic heterocycles. The lowest BCUT2D eigenvalue weighted by molar-refractivity contribution is -0.226. The van der Waals surface area contributed by atoms with Crippen molar-refractivity contribution in [2.75, 3.05) is 0 Å². The fraction of sp³-hybridized carbons (Fsp3) is 0.714. The van der Waals surface area contributed by atoms with Gasteiger partial charge in [-0.3, -0.25) is 14.3 Å². The largest absolute Gasteiger partial charge is 0.347 e. The van der Waals surface area contributed by atoms with Gasteiger partial charge in [0.2, 0.25) is 0 Å². The van der Waals surface area contributed by atoms with E-state index in [4.69, 9.17) is 14.2 Å². The van der Waals surface area contributed by atoms with Crippen LogP contribution in [-0.2, 0) is 19.9 Å². The Morgan fingerprint density at radius 3 is 2.57 bits per heavy atom. The molecular weight excluding hydrogens is 276 g/mol. The normalized spacial score (nSPS) is 37.6. The molecule has 3 rings (SSSR count). The summed E-state index contributed by atoms with van der Waals surface area (Å²) in [7, 11) is 0. The average molecular weight is 296 g/mol. The van der Waals surface area contributed by atoms with Gasteiger partial charge in [0.05, 0.1) is 6.10 Å². The highest BCUT2D eigenvalue weighted by Gasteiger charge is 2.61. The van der Waals surface area contributed by atoms with E-state index in [0.717, 1.165) is 6.42 Å². The molecule has 2 aliphatic heterocycles. The topological polar surface area (TPSA) is 82.6 Å². The van der Waals surface area contributed by atoms with Gasteiger partial charge in [-0.25, -0.2) is 4.79 Å². The van der Waals surface area contributed by atoms with Crippen LogP contribution in [0.1, 0.15) is 34.1 Å². The molecule has 0 aliphatic carbocycles. The summed E-state index contributed by atoms with van der Waals surface area (Å²) in [6.45, 7) is 7.46. The molecule has 0 aromatic carbocycles. The van der Waals surface area contributed by atoms with Gasteiger partial charge >= 0.3 is 5.69 Å². The Kier molecular flexibility index (Phi) is 3.12. The summed E-state index contributed by atoms with van der Waals surface area (Å²) in [5.41, 5.74) is -1.97. The molecule has 0 amide bonds. The molecule has 2 aliphatic rings. The fourth-order valence-electron chi connectivity index (χ4n) is 3.19. The third-order valence-corrected chi connectivity index (χ3v) is 4.12. The quantitative estimate of drug-likeness (QED) is 0.861. The molecule has 116 valence electrons. The van der Waals surface area contributed by atoms with Crippen molar-refractivity contribution in [1.82, 2.24) is 9.55 Å². The standard InChI is InChI=1S/C14H20N2O5/c1-5-8-10-11(21-13(2,3)20-10)14(4,19-8)16-7-6-9(17)15-12(16)18/h6-8,10-11H,5H2,1-4H3,(H,15,17,18)/t8-,10-,11-,14-/m1/s1. The molecule has 0 bridgehead atoms. The Hall–Kier alpha value is -1.44. The molecule has 0 spiro atoms. The van der Waals surface area contributed by atoms with Crippen LogP contribution in [0.15, 0.2) is 21.9 Å². The molecule has 7 nitrogen and oxygen atoms in total. The number of fused-ring (bicyclic) bond motifs is 1. The van der Waals surface area contributed by atoms with Crippen LogP contribution in [0.5, 0.6) is 0 Å². The minimum Gasteiger partial charge on any atom is -0.347 e. The third kappa shape index (κ3) is 2.16. The predicted octanol–water partition coefficient (Wildman–Crippen LogP) is 0.538. The highest BCUT2D eigenvalue weighted by Crippen LogP contribution is 2.46. The molecule has 21 heavy (non-hydrogen) atoms. The summed E-state index contributed by atoms with van der Waals surface area (Å²) in [6.07, 6.45) is 1.36. The van der Waals surface area contributed by atoms with Crippen molar-refractivity contribution in [1.29, 1.82) is 0 Å². The number of nitrogens with one attached hydrogen (secondary N) is 1. The summed E-state index contributed by atoms with van der Waals surface area (Å²) in [5.74, 6) is -0.723. The van der Waals surface area contributed by atoms with Gasteiger partial charge in [0.1, 0.15) is 12.2 Å². The molecule has 1 N–H and O–H groups in total. The Labute approximate surface area is 121 Å². The maximum absolute atomic E-state index is 12.1. The smallest absolute Gasteiger partial charge is 0.330 e. The lowest BCUT2D eigenvalue weighted by Crippen LogP contribution is -2.49. The lowest BCUT2D eigenvalue weighted by atomic mass is 10.0. The maximum Gasteiger partial charge on any atom is 0.330 e. The third-order valence-electron chi connectivity index (χ3n) is 4.12. The molecular formula is C14H20N2O5. The summed E-state index contributed by atoms with van der Waals surface area (Å²) in [4.78, 5) is 25.6. The van der Waals surface area contributed by atoms with E-state index in [0.29, 0.717) is 0 Å². The van der Waals surface area contributed by atoms with Crippen molar-refractivity contribution in [3.05, 3.63) is 33.1 Å². The van der Waals surface area contributed by atoms with Crippen molar-refractivity contribution >= 4 is 0 Å². The minimum absolute atomic E-state index is 0.166. The summed E-state index contributed by atoms with van der Waals surface area (Å²) >= 11 is 0. The van der Waals surface area contributed by atoms with Crippen LogP contribution in [-0.4, -0.2) is 33.7 Å². The van der Waals surface area contributed by atoms with E-state index in [2.05, 4.69) is 4.98 Å². The molecule has 7 heteroatoms. The molecule has 0 unspecified atom stereocenters. The number of aromatic amines is 1. The van der Waals surface area contributed by atoms with Crippen LogP contribution in [0.25, 0.3) is 0 Å². The zero-order valence-corrected chi connectivity index (χ0v) is 12.6. The molecule has 3 heterocycles. The number of hydrogen-bond donors (Lipinski definition) is 1. The van der Waals surface area contributed by atoms with Gasteiger partial charge < -0.3 is 14.2 Å². The van der Waals surface area contributed by atoms with Crippen LogP contribution in [0.2, 0.25) is 0 Å². The average Bonchev–Trinajstić information content (AvgIpc) is 2.83. The first-order valence-corrected chi connectivity index (χ1v) is 7.13. The van der Waals surface area contributed by atoms with Crippen molar-refractivity contribution < 1.29 is 14.2 Å². The highest BCUT2D eigenvalue weighted by molar-refractivity contribution is 5.04. The maximum atomic E-state index is 12.1. The van der Waals surface area contributed by atoms with Crippen LogP contribution in [0, 0.1) is 0 Å². The first kappa shape index (κ1) is 14.5. The van der Waals surface area contributed by atoms with Crippen molar-refractivity contribution in [2.45, 2.75) is 63.9 Å². The van der Waals surface area contributed by atoms with Crippen molar-refractivity contribution in [2.24, 2.45) is 0 Å². The van der Waals surface area contributed by atoms with Gasteiger partial charge in [-0.15, -0.1) is 0 Å². The van der Waals surface area contributed by atoms with Crippen LogP contribution >= 0.6 is 0 Å². The minimum atomic E-state index is -1.01. The molecule has 2 fully saturated rings. The summed E-state index contributed by atoms with van der Waals surface area (Å²) in [6, 6.07) is 1.30. The van der Waals surface area contributed by atoms with E-state index >= 15 is 0 Å². The van der Waals surface area contributed by atoms with Crippen LogP contribution < -0.4 is 11.2 Å². The second-order valence-electron chi connectivity index (χ2n) is 6.12. The predicted molar refractivity (Wildman–Crippen MR) is 74.0 cm³/mol. The zero-order chi connectivity index (χ0) is 15.4. The fourth-order valence-corrected chi connectivity index (χ4v) is 3.19. The number of aromatic nitrogens is 2. The van der Waals surface area contributed by atoms with E-state index in [1.165, 1.54) is 16.8 Å². The molecule has 1 aromatic rings. The second kappa shape index (κ2) is 4.53. The number of ether oxygens (including phenoxy) is 3. The second-order valence-corrected chi connectivity index (χ2v) is 6.12. The molecule has 0 saturated carbocycles. The first-order valence-electron chi connectivity index (χ1n) is 7.13. The van der Waals surface area contributed by atoms with Gasteiger partial charge in [0.15, 0.2) is 11.5 Å². The Morgan fingerprint density at radius 1 is 1.24 bits per heavy atom. The number of rotatable bonds is 2. The number of nitrogens with zero attached hydrogens (tertiary/aromatic N) is 1. The van der Waals surface area contributed by atoms with Gasteiger partial charge in [0.25, 0.3) is 5.56 Å². The molecule has 0 radical (unpaired) electrons. The SMILES string of the molecule is CC[C@H]1O[C@@](C)(n2ccc(=O)[nH]c2=O)[C@@H]2OC(C)(C)O[C@@H]21. The van der Waals surface area contributed by atoms with E-state index in [-0.39, 0.29) is 12.2 Å². The van der Waals surface area contributed by atoms with Crippen molar-refractivity contribution in [3.63, 3.8) is 0 Å². The lowest BCUT2D eigenvalue weighted by Gasteiger charge is -2.32. The Balaban J connectivity index is 2.08. The molecule has 2 saturated heterocycles. The van der Waals surface area contributed by atoms with E-state index in [1.807, 2.05) is 20.8 Å². The van der Waals surface area contributed by atoms with Crippen LogP contribution in [0.3, 0.4) is 0 Å². The number of H-pyrrole nitrogens is 1. The summed E-state index contributed by atoms with van der Waals surface area (Å²) in [5, 5.41) is 0. The summed E-state index contributed by atoms with van der Waals surface area (Å²) < 4.78 is 19.3. The van der Waals surface area contributed by atoms with Gasteiger partial charge in [0, 0.05) is 12.3 Å². The van der Waals surface area contributed by atoms with E-state index < -0.39 is 28.9 Å². The van der Waals surface area contributed by atoms with Gasteiger partial charge in [-0.2, -0.15) is 0 Å². The first-order chi connectivity index (χ1) is 9.77. The molecule has 4 atom stereocenters. The van der Waals surface area contributed by atoms with Crippen molar-refractivity contribution in [3.8, 4) is 0 Å².